The molecule has 0 saturated carbocycles. The number of rotatable bonds is 4. The molecule has 0 aliphatic heterocycles. The number of esters is 1. The van der Waals surface area contributed by atoms with E-state index < -0.39 is 21.1 Å². The average molecular weight is 208 g/mol. The van der Waals surface area contributed by atoms with E-state index in [1.807, 2.05) is 0 Å². The molecule has 0 aromatic rings. The number of carbonyl (C=O) groups excluding carboxylic acids is 1. The molecule has 0 N–H and O–H groups in total. The van der Waals surface area contributed by atoms with Gasteiger partial charge in [0, 0.05) is 0 Å². The van der Waals surface area contributed by atoms with Gasteiger partial charge in [0.2, 0.25) is 0 Å². The number of carbonyl (C=O) groups is 1. The molecule has 78 valence electrons. The summed E-state index contributed by atoms with van der Waals surface area (Å²) in [5.74, 6) is -0.652. The molecular formula is C8H16O4S. The third-order valence-electron chi connectivity index (χ3n) is 1.64. The lowest BCUT2D eigenvalue weighted by Crippen LogP contribution is -2.31. The van der Waals surface area contributed by atoms with Crippen LogP contribution in [0.25, 0.3) is 0 Å². The van der Waals surface area contributed by atoms with Crippen LogP contribution in [0.5, 0.6) is 0 Å². The molecule has 0 aliphatic rings. The summed E-state index contributed by atoms with van der Waals surface area (Å²) in [4.78, 5) is 10.9. The topological polar surface area (TPSA) is 60.4 Å². The Labute approximate surface area is 79.2 Å². The first kappa shape index (κ1) is 12.4. The quantitative estimate of drug-likeness (QED) is 0.635. The predicted octanol–water partition coefficient (Wildman–Crippen LogP) is 0.619. The zero-order valence-corrected chi connectivity index (χ0v) is 9.22. The Morgan fingerprint density at radius 3 is 2.08 bits per heavy atom. The van der Waals surface area contributed by atoms with Crippen molar-refractivity contribution < 1.29 is 17.9 Å². The van der Waals surface area contributed by atoms with E-state index in [9.17, 15) is 13.2 Å². The molecule has 0 amide bonds. The molecule has 0 aromatic heterocycles. The van der Waals surface area contributed by atoms with Gasteiger partial charge in [-0.3, -0.25) is 4.79 Å². The molecule has 0 saturated heterocycles. The summed E-state index contributed by atoms with van der Waals surface area (Å²) >= 11 is 0. The molecule has 1 atom stereocenters. The minimum absolute atomic E-state index is 0.0171. The smallest absolute Gasteiger partial charge is 0.323 e. The summed E-state index contributed by atoms with van der Waals surface area (Å²) in [7, 11) is -2.16. The molecular weight excluding hydrogens is 192 g/mol. The molecule has 0 aliphatic carbocycles. The van der Waals surface area contributed by atoms with Crippen molar-refractivity contribution in [3.05, 3.63) is 0 Å². The van der Waals surface area contributed by atoms with Crippen LogP contribution < -0.4 is 0 Å². The highest BCUT2D eigenvalue weighted by molar-refractivity contribution is 7.92. The van der Waals surface area contributed by atoms with Crippen LogP contribution in [0, 0.1) is 5.92 Å². The van der Waals surface area contributed by atoms with Crippen molar-refractivity contribution in [2.24, 2.45) is 5.92 Å². The monoisotopic (exact) mass is 208 g/mol. The number of hydrogen-bond acceptors (Lipinski definition) is 4. The van der Waals surface area contributed by atoms with Crippen LogP contribution >= 0.6 is 0 Å². The lowest BCUT2D eigenvalue weighted by molar-refractivity contribution is -0.139. The van der Waals surface area contributed by atoms with Crippen molar-refractivity contribution >= 4 is 15.8 Å². The number of methoxy groups -OCH3 is 1. The molecule has 0 radical (unpaired) electrons. The summed E-state index contributed by atoms with van der Waals surface area (Å²) in [5, 5.41) is -1.06. The fourth-order valence-electron chi connectivity index (χ4n) is 0.922. The molecule has 1 unspecified atom stereocenters. The maximum atomic E-state index is 11.4. The van der Waals surface area contributed by atoms with Crippen LogP contribution in [-0.2, 0) is 19.4 Å². The number of hydrogen-bond donors (Lipinski definition) is 0. The Morgan fingerprint density at radius 1 is 1.31 bits per heavy atom. The van der Waals surface area contributed by atoms with Gasteiger partial charge in [0.15, 0.2) is 15.1 Å². The van der Waals surface area contributed by atoms with E-state index in [4.69, 9.17) is 0 Å². The van der Waals surface area contributed by atoms with Gasteiger partial charge in [0.1, 0.15) is 0 Å². The third-order valence-corrected chi connectivity index (χ3v) is 4.04. The minimum Gasteiger partial charge on any atom is -0.468 e. The lowest BCUT2D eigenvalue weighted by atomic mass is 10.3. The van der Waals surface area contributed by atoms with Gasteiger partial charge in [-0.15, -0.1) is 0 Å². The summed E-state index contributed by atoms with van der Waals surface area (Å²) < 4.78 is 27.2. The molecule has 0 aromatic carbocycles. The van der Waals surface area contributed by atoms with E-state index >= 15 is 0 Å². The Kier molecular flexibility index (Phi) is 4.39. The average Bonchev–Trinajstić information content (AvgIpc) is 1.99. The van der Waals surface area contributed by atoms with Gasteiger partial charge in [-0.05, 0) is 12.8 Å². The van der Waals surface area contributed by atoms with Gasteiger partial charge in [-0.2, -0.15) is 0 Å². The van der Waals surface area contributed by atoms with Crippen molar-refractivity contribution in [3.63, 3.8) is 0 Å². The van der Waals surface area contributed by atoms with Gasteiger partial charge >= 0.3 is 5.97 Å². The Hall–Kier alpha value is -0.580. The van der Waals surface area contributed by atoms with E-state index in [0.29, 0.717) is 0 Å². The Bertz CT molecular complexity index is 266. The fraction of sp³-hybridized carbons (Fsp3) is 0.875. The second-order valence-corrected chi connectivity index (χ2v) is 5.75. The first-order valence-corrected chi connectivity index (χ1v) is 5.82. The van der Waals surface area contributed by atoms with Crippen molar-refractivity contribution in [3.8, 4) is 0 Å². The van der Waals surface area contributed by atoms with Crippen LogP contribution in [0.2, 0.25) is 0 Å². The fourth-order valence-corrected chi connectivity index (χ4v) is 2.53. The highest BCUT2D eigenvalue weighted by Gasteiger charge is 2.29. The summed E-state index contributed by atoms with van der Waals surface area (Å²) in [6.07, 6.45) is 0. The van der Waals surface area contributed by atoms with E-state index in [0.717, 1.165) is 0 Å². The maximum absolute atomic E-state index is 11.4. The second kappa shape index (κ2) is 4.60. The van der Waals surface area contributed by atoms with E-state index in [-0.39, 0.29) is 11.7 Å². The molecule has 0 rings (SSSR count). The Morgan fingerprint density at radius 2 is 1.77 bits per heavy atom. The lowest BCUT2D eigenvalue weighted by Gasteiger charge is -2.11. The van der Waals surface area contributed by atoms with Crippen molar-refractivity contribution in [1.82, 2.24) is 0 Å². The first-order chi connectivity index (χ1) is 5.81. The number of sulfone groups is 1. The van der Waals surface area contributed by atoms with Gasteiger partial charge < -0.3 is 4.74 Å². The minimum atomic E-state index is -3.35. The maximum Gasteiger partial charge on any atom is 0.323 e. The van der Waals surface area contributed by atoms with Crippen LogP contribution in [0.4, 0.5) is 0 Å². The highest BCUT2D eigenvalue weighted by Crippen LogP contribution is 2.08. The molecule has 0 heterocycles. The van der Waals surface area contributed by atoms with E-state index in [1.54, 1.807) is 13.8 Å². The zero-order valence-electron chi connectivity index (χ0n) is 8.40. The van der Waals surface area contributed by atoms with E-state index in [2.05, 4.69) is 4.74 Å². The predicted molar refractivity (Wildman–Crippen MR) is 50.1 cm³/mol. The van der Waals surface area contributed by atoms with Gasteiger partial charge in [0.05, 0.1) is 12.9 Å². The van der Waals surface area contributed by atoms with Crippen molar-refractivity contribution in [2.45, 2.75) is 26.0 Å². The van der Waals surface area contributed by atoms with Gasteiger partial charge in [0.25, 0.3) is 0 Å². The van der Waals surface area contributed by atoms with E-state index in [1.165, 1.54) is 14.0 Å². The second-order valence-electron chi connectivity index (χ2n) is 3.39. The van der Waals surface area contributed by atoms with Crippen LogP contribution in [0.15, 0.2) is 0 Å². The van der Waals surface area contributed by atoms with Crippen LogP contribution in [-0.4, -0.2) is 32.5 Å². The number of ether oxygens (including phenoxy) is 1. The standard InChI is InChI=1S/C8H16O4S/c1-6(2)5-13(10,11)7(3)8(9)12-4/h6-7H,5H2,1-4H3. The highest BCUT2D eigenvalue weighted by atomic mass is 32.2. The molecule has 4 nitrogen and oxygen atoms in total. The Balaban J connectivity index is 4.55. The van der Waals surface area contributed by atoms with Gasteiger partial charge in [-0.1, -0.05) is 13.8 Å². The summed E-state index contributed by atoms with van der Waals surface area (Å²) in [5.41, 5.74) is 0. The molecule has 13 heavy (non-hydrogen) atoms. The van der Waals surface area contributed by atoms with Crippen LogP contribution in [0.3, 0.4) is 0 Å². The van der Waals surface area contributed by atoms with Gasteiger partial charge in [-0.25, -0.2) is 8.42 Å². The van der Waals surface area contributed by atoms with Crippen molar-refractivity contribution in [1.29, 1.82) is 0 Å². The molecule has 0 spiro atoms. The summed E-state index contributed by atoms with van der Waals surface area (Å²) in [6.45, 7) is 4.94. The largest absolute Gasteiger partial charge is 0.468 e. The normalized spacial score (nSPS) is 14.2. The zero-order chi connectivity index (χ0) is 10.6. The molecule has 0 bridgehead atoms. The summed E-state index contributed by atoms with van der Waals surface area (Å²) in [6, 6.07) is 0. The first-order valence-electron chi connectivity index (χ1n) is 4.10. The molecule has 5 heteroatoms. The van der Waals surface area contributed by atoms with Crippen LogP contribution in [0.1, 0.15) is 20.8 Å². The third kappa shape index (κ3) is 3.76. The molecule has 0 fully saturated rings. The SMILES string of the molecule is COC(=O)C(C)S(=O)(=O)CC(C)C. The van der Waals surface area contributed by atoms with Crippen molar-refractivity contribution in [2.75, 3.05) is 12.9 Å².